The Hall–Kier alpha value is 1.16. The Morgan fingerprint density at radius 1 is 0.583 bits per heavy atom. The van der Waals surface area contributed by atoms with Gasteiger partial charge in [0.05, 0.1) is 21.5 Å². The van der Waals surface area contributed by atoms with Gasteiger partial charge < -0.3 is 0 Å². The van der Waals surface area contributed by atoms with Crippen LogP contribution in [-0.2, 0) is 0 Å². The highest BCUT2D eigenvalue weighted by Gasteiger charge is 2.44. The molecule has 1 rings (SSSR count). The van der Waals surface area contributed by atoms with Crippen LogP contribution in [0, 0.1) is 11.8 Å². The lowest BCUT2D eigenvalue weighted by Gasteiger charge is -2.40. The Bertz CT molecular complexity index is 103. The Morgan fingerprint density at radius 3 is 0.917 bits per heavy atom. The second-order valence-electron chi connectivity index (χ2n) is 3.50. The van der Waals surface area contributed by atoms with Crippen molar-refractivity contribution in [1.29, 1.82) is 0 Å². The molecule has 0 aromatic heterocycles. The number of halogens is 4. The van der Waals surface area contributed by atoms with Crippen LogP contribution in [0.25, 0.3) is 0 Å². The Balaban J connectivity index is 2.76. The van der Waals surface area contributed by atoms with Gasteiger partial charge in [-0.1, -0.05) is 13.8 Å². The van der Waals surface area contributed by atoms with Gasteiger partial charge in [-0.3, -0.25) is 0 Å². The van der Waals surface area contributed by atoms with Crippen molar-refractivity contribution in [3.8, 4) is 0 Å². The zero-order valence-electron chi connectivity index (χ0n) is 6.98. The molecule has 0 bridgehead atoms. The summed E-state index contributed by atoms with van der Waals surface area (Å²) in [5, 5.41) is -0.281. The average molecular weight is 250 g/mol. The van der Waals surface area contributed by atoms with Gasteiger partial charge in [-0.05, 0) is 11.8 Å². The second kappa shape index (κ2) is 4.13. The molecule has 0 aromatic rings. The summed E-state index contributed by atoms with van der Waals surface area (Å²) in [7, 11) is 0. The standard InChI is InChI=1S/C8H12Cl4/c1-3-5(9)7(11)4(2)8(12)6(3)10/h3-8H,1-2H3/t3?,4?,5-,6-,7-,8-/m1/s1. The molecule has 12 heavy (non-hydrogen) atoms. The minimum absolute atomic E-state index is 0.0702. The van der Waals surface area contributed by atoms with Crippen LogP contribution in [0.2, 0.25) is 0 Å². The third kappa shape index (κ3) is 1.82. The van der Waals surface area contributed by atoms with Gasteiger partial charge in [0.15, 0.2) is 0 Å². The van der Waals surface area contributed by atoms with E-state index in [0.29, 0.717) is 0 Å². The van der Waals surface area contributed by atoms with Crippen molar-refractivity contribution in [1.82, 2.24) is 0 Å². The molecule has 0 nitrogen and oxygen atoms in total. The van der Waals surface area contributed by atoms with E-state index in [1.54, 1.807) is 0 Å². The molecule has 1 aliphatic rings. The van der Waals surface area contributed by atoms with Crippen LogP contribution >= 0.6 is 46.4 Å². The summed E-state index contributed by atoms with van der Waals surface area (Å²) in [6.45, 7) is 3.98. The summed E-state index contributed by atoms with van der Waals surface area (Å²) >= 11 is 24.4. The number of rotatable bonds is 0. The van der Waals surface area contributed by atoms with Crippen molar-refractivity contribution < 1.29 is 0 Å². The third-order valence-corrected chi connectivity index (χ3v) is 5.55. The zero-order valence-corrected chi connectivity index (χ0v) is 10.00. The Labute approximate surface area is 93.5 Å². The monoisotopic (exact) mass is 248 g/mol. The van der Waals surface area contributed by atoms with E-state index in [0.717, 1.165) is 0 Å². The van der Waals surface area contributed by atoms with Crippen LogP contribution in [0.5, 0.6) is 0 Å². The molecule has 1 fully saturated rings. The Morgan fingerprint density at radius 2 is 0.750 bits per heavy atom. The van der Waals surface area contributed by atoms with E-state index in [9.17, 15) is 0 Å². The van der Waals surface area contributed by atoms with Crippen molar-refractivity contribution in [2.45, 2.75) is 35.4 Å². The van der Waals surface area contributed by atoms with E-state index >= 15 is 0 Å². The quantitative estimate of drug-likeness (QED) is 0.575. The van der Waals surface area contributed by atoms with Crippen molar-refractivity contribution >= 4 is 46.4 Å². The molecular weight excluding hydrogens is 238 g/mol. The van der Waals surface area contributed by atoms with Crippen molar-refractivity contribution in [3.05, 3.63) is 0 Å². The largest absolute Gasteiger partial charge is 0.121 e. The molecule has 0 aliphatic heterocycles. The van der Waals surface area contributed by atoms with Gasteiger partial charge in [-0.2, -0.15) is 0 Å². The SMILES string of the molecule is CC1[C@@H](Cl)[C@H](Cl)C(C)[C@@H](Cl)[C@@H]1Cl. The summed E-state index contributed by atoms with van der Waals surface area (Å²) in [6, 6.07) is 0. The first kappa shape index (κ1) is 11.2. The van der Waals surface area contributed by atoms with Crippen LogP contribution in [-0.4, -0.2) is 21.5 Å². The van der Waals surface area contributed by atoms with Crippen LogP contribution in [0.4, 0.5) is 0 Å². The topological polar surface area (TPSA) is 0 Å². The predicted octanol–water partition coefficient (Wildman–Crippen LogP) is 3.70. The van der Waals surface area contributed by atoms with Gasteiger partial charge in [0.25, 0.3) is 0 Å². The molecule has 0 aromatic carbocycles. The van der Waals surface area contributed by atoms with Gasteiger partial charge in [0.2, 0.25) is 0 Å². The minimum atomic E-state index is -0.0702. The highest BCUT2D eigenvalue weighted by molar-refractivity contribution is 6.35. The third-order valence-electron chi connectivity index (χ3n) is 2.62. The molecule has 1 saturated carbocycles. The molecule has 0 saturated heterocycles. The lowest BCUT2D eigenvalue weighted by molar-refractivity contribution is 0.333. The number of hydrogen-bond acceptors (Lipinski definition) is 0. The van der Waals surface area contributed by atoms with E-state index in [1.807, 2.05) is 13.8 Å². The first-order chi connectivity index (χ1) is 5.46. The summed E-state index contributed by atoms with van der Waals surface area (Å²) in [6.07, 6.45) is 0. The molecule has 0 heterocycles. The maximum atomic E-state index is 6.10. The summed E-state index contributed by atoms with van der Waals surface area (Å²) in [4.78, 5) is 0. The van der Waals surface area contributed by atoms with Gasteiger partial charge in [-0.15, -0.1) is 46.4 Å². The molecule has 0 amide bonds. The maximum Gasteiger partial charge on any atom is 0.0543 e. The van der Waals surface area contributed by atoms with E-state index < -0.39 is 0 Å². The van der Waals surface area contributed by atoms with Gasteiger partial charge >= 0.3 is 0 Å². The smallest absolute Gasteiger partial charge is 0.0543 e. The van der Waals surface area contributed by atoms with E-state index in [-0.39, 0.29) is 33.3 Å². The molecule has 0 unspecified atom stereocenters. The fourth-order valence-corrected chi connectivity index (χ4v) is 3.20. The lowest BCUT2D eigenvalue weighted by Crippen LogP contribution is -2.47. The highest BCUT2D eigenvalue weighted by Crippen LogP contribution is 2.41. The molecule has 72 valence electrons. The maximum absolute atomic E-state index is 6.10. The number of hydrogen-bond donors (Lipinski definition) is 0. The summed E-state index contributed by atoms with van der Waals surface area (Å²) in [5.74, 6) is 0.351. The lowest BCUT2D eigenvalue weighted by atomic mass is 9.82. The first-order valence-electron chi connectivity index (χ1n) is 4.03. The van der Waals surface area contributed by atoms with Crippen LogP contribution in [0.3, 0.4) is 0 Å². The van der Waals surface area contributed by atoms with Gasteiger partial charge in [0.1, 0.15) is 0 Å². The molecule has 0 N–H and O–H groups in total. The predicted molar refractivity (Wildman–Crippen MR) is 56.9 cm³/mol. The zero-order chi connectivity index (χ0) is 9.46. The van der Waals surface area contributed by atoms with E-state index in [2.05, 4.69) is 0 Å². The molecule has 1 aliphatic carbocycles. The van der Waals surface area contributed by atoms with Gasteiger partial charge in [0, 0.05) is 0 Å². The van der Waals surface area contributed by atoms with Crippen molar-refractivity contribution in [2.24, 2.45) is 11.8 Å². The molecular formula is C8H12Cl4. The molecule has 4 atom stereocenters. The Kier molecular flexibility index (Phi) is 3.86. The van der Waals surface area contributed by atoms with Crippen molar-refractivity contribution in [3.63, 3.8) is 0 Å². The van der Waals surface area contributed by atoms with E-state index in [1.165, 1.54) is 0 Å². The fraction of sp³-hybridized carbons (Fsp3) is 1.00. The second-order valence-corrected chi connectivity index (χ2v) is 5.51. The normalized spacial score (nSPS) is 55.5. The minimum Gasteiger partial charge on any atom is -0.121 e. The highest BCUT2D eigenvalue weighted by atomic mass is 35.5. The van der Waals surface area contributed by atoms with Crippen LogP contribution in [0.1, 0.15) is 13.8 Å². The van der Waals surface area contributed by atoms with Crippen LogP contribution in [0.15, 0.2) is 0 Å². The molecule has 0 spiro atoms. The summed E-state index contributed by atoms with van der Waals surface area (Å²) < 4.78 is 0. The number of alkyl halides is 4. The van der Waals surface area contributed by atoms with Crippen LogP contribution < -0.4 is 0 Å². The van der Waals surface area contributed by atoms with Gasteiger partial charge in [-0.25, -0.2) is 0 Å². The van der Waals surface area contributed by atoms with E-state index in [4.69, 9.17) is 46.4 Å². The fourth-order valence-electron chi connectivity index (χ4n) is 1.51. The molecule has 0 radical (unpaired) electrons. The first-order valence-corrected chi connectivity index (χ1v) is 5.77. The average Bonchev–Trinajstić information content (AvgIpc) is 2.08. The molecule has 4 heteroatoms. The summed E-state index contributed by atoms with van der Waals surface area (Å²) in [5.41, 5.74) is 0. The van der Waals surface area contributed by atoms with Crippen molar-refractivity contribution in [2.75, 3.05) is 0 Å².